The number of hydrogen-bond acceptors (Lipinski definition) is 6. The van der Waals surface area contributed by atoms with Gasteiger partial charge in [0.2, 0.25) is 0 Å². The van der Waals surface area contributed by atoms with Gasteiger partial charge in [-0.3, -0.25) is 19.1 Å². The van der Waals surface area contributed by atoms with Gasteiger partial charge in [-0.05, 0) is 19.1 Å². The molecule has 0 bridgehead atoms. The van der Waals surface area contributed by atoms with E-state index in [1.807, 2.05) is 30.5 Å². The Hall–Kier alpha value is -2.84. The monoisotopic (exact) mass is 378 g/mol. The molecule has 4 aromatic heterocycles. The van der Waals surface area contributed by atoms with Crippen molar-refractivity contribution in [1.29, 1.82) is 0 Å². The molecule has 1 aliphatic heterocycles. The van der Waals surface area contributed by atoms with Gasteiger partial charge in [0.15, 0.2) is 10.8 Å². The topological polar surface area (TPSA) is 79.2 Å². The van der Waals surface area contributed by atoms with Gasteiger partial charge in [0.1, 0.15) is 5.69 Å². The number of aromatic amines is 1. The number of fused-ring (bicyclic) bond motifs is 2. The van der Waals surface area contributed by atoms with Gasteiger partial charge in [-0.1, -0.05) is 6.07 Å². The van der Waals surface area contributed by atoms with E-state index in [-0.39, 0.29) is 5.56 Å². The third kappa shape index (κ3) is 2.87. The second-order valence-corrected chi connectivity index (χ2v) is 7.59. The summed E-state index contributed by atoms with van der Waals surface area (Å²) in [5.74, 6) is 0.541. The Bertz CT molecular complexity index is 1180. The van der Waals surface area contributed by atoms with E-state index >= 15 is 0 Å². The van der Waals surface area contributed by atoms with Gasteiger partial charge in [0, 0.05) is 43.8 Å². The maximum absolute atomic E-state index is 12.7. The van der Waals surface area contributed by atoms with Crippen molar-refractivity contribution in [3.63, 3.8) is 0 Å². The molecule has 0 aliphatic carbocycles. The number of aryl methyl sites for hydroxylation is 1. The van der Waals surface area contributed by atoms with Crippen LogP contribution in [0.25, 0.3) is 16.5 Å². The summed E-state index contributed by atoms with van der Waals surface area (Å²) in [5.41, 5.74) is 4.48. The first kappa shape index (κ1) is 16.3. The molecule has 136 valence electrons. The smallest absolute Gasteiger partial charge is 0.255 e. The second kappa shape index (κ2) is 6.40. The van der Waals surface area contributed by atoms with Gasteiger partial charge in [0.05, 0.1) is 22.6 Å². The van der Waals surface area contributed by atoms with Crippen LogP contribution in [0.5, 0.6) is 0 Å². The van der Waals surface area contributed by atoms with E-state index in [0.29, 0.717) is 18.1 Å². The molecule has 0 fully saturated rings. The van der Waals surface area contributed by atoms with Crippen molar-refractivity contribution in [3.05, 3.63) is 69.0 Å². The van der Waals surface area contributed by atoms with Crippen LogP contribution >= 0.6 is 11.3 Å². The third-order valence-electron chi connectivity index (χ3n) is 4.99. The zero-order valence-electron chi connectivity index (χ0n) is 14.8. The minimum Gasteiger partial charge on any atom is -0.305 e. The predicted octanol–water partition coefficient (Wildman–Crippen LogP) is 2.41. The Kier molecular flexibility index (Phi) is 3.87. The fourth-order valence-corrected chi connectivity index (χ4v) is 4.36. The van der Waals surface area contributed by atoms with Crippen molar-refractivity contribution in [2.24, 2.45) is 0 Å². The number of aromatic nitrogens is 5. The minimum atomic E-state index is -0.0731. The number of hydrogen-bond donors (Lipinski definition) is 1. The van der Waals surface area contributed by atoms with Gasteiger partial charge in [0.25, 0.3) is 5.56 Å². The molecule has 0 spiro atoms. The molecule has 7 nitrogen and oxygen atoms in total. The van der Waals surface area contributed by atoms with Crippen LogP contribution in [-0.2, 0) is 19.5 Å². The SMILES string of the molecule is Cc1nc2sccn2c1CN1CCc2nc(-c3ccccn3)[nH]c(=O)c2C1. The van der Waals surface area contributed by atoms with Crippen LogP contribution in [-0.4, -0.2) is 35.8 Å². The summed E-state index contributed by atoms with van der Waals surface area (Å²) in [6.45, 7) is 4.27. The second-order valence-electron chi connectivity index (χ2n) is 6.71. The normalized spacial score (nSPS) is 14.6. The lowest BCUT2D eigenvalue weighted by Gasteiger charge is -2.27. The molecule has 1 N–H and O–H groups in total. The summed E-state index contributed by atoms with van der Waals surface area (Å²) in [4.78, 5) is 32.4. The van der Waals surface area contributed by atoms with Crippen molar-refractivity contribution in [3.8, 4) is 11.5 Å². The highest BCUT2D eigenvalue weighted by Gasteiger charge is 2.23. The summed E-state index contributed by atoms with van der Waals surface area (Å²) in [6.07, 6.45) is 4.51. The molecular weight excluding hydrogens is 360 g/mol. The lowest BCUT2D eigenvalue weighted by atomic mass is 10.1. The summed E-state index contributed by atoms with van der Waals surface area (Å²) in [7, 11) is 0. The van der Waals surface area contributed by atoms with Crippen LogP contribution in [0.3, 0.4) is 0 Å². The molecular formula is C19H18N6OS. The zero-order chi connectivity index (χ0) is 18.4. The maximum Gasteiger partial charge on any atom is 0.255 e. The lowest BCUT2D eigenvalue weighted by molar-refractivity contribution is 0.238. The average molecular weight is 378 g/mol. The van der Waals surface area contributed by atoms with Crippen molar-refractivity contribution >= 4 is 16.3 Å². The summed E-state index contributed by atoms with van der Waals surface area (Å²) in [6, 6.07) is 5.59. The molecule has 5 rings (SSSR count). The molecule has 0 amide bonds. The highest BCUT2D eigenvalue weighted by Crippen LogP contribution is 2.22. The first-order chi connectivity index (χ1) is 13.2. The van der Waals surface area contributed by atoms with Gasteiger partial charge in [-0.2, -0.15) is 0 Å². The molecule has 8 heteroatoms. The number of H-pyrrole nitrogens is 1. The van der Waals surface area contributed by atoms with Crippen LogP contribution in [0.2, 0.25) is 0 Å². The quantitative estimate of drug-likeness (QED) is 0.592. The van der Waals surface area contributed by atoms with E-state index in [4.69, 9.17) is 0 Å². The predicted molar refractivity (Wildman–Crippen MR) is 104 cm³/mol. The number of imidazole rings is 1. The van der Waals surface area contributed by atoms with E-state index in [2.05, 4.69) is 35.4 Å². The van der Waals surface area contributed by atoms with Crippen molar-refractivity contribution in [2.75, 3.05) is 6.54 Å². The zero-order valence-corrected chi connectivity index (χ0v) is 15.7. The first-order valence-corrected chi connectivity index (χ1v) is 9.74. The number of rotatable bonds is 3. The molecule has 27 heavy (non-hydrogen) atoms. The van der Waals surface area contributed by atoms with Crippen LogP contribution in [0, 0.1) is 6.92 Å². The number of thiazole rings is 1. The highest BCUT2D eigenvalue weighted by atomic mass is 32.1. The van der Waals surface area contributed by atoms with Gasteiger partial charge in [-0.15, -0.1) is 11.3 Å². The van der Waals surface area contributed by atoms with Gasteiger partial charge >= 0.3 is 0 Å². The highest BCUT2D eigenvalue weighted by molar-refractivity contribution is 7.15. The largest absolute Gasteiger partial charge is 0.305 e. The summed E-state index contributed by atoms with van der Waals surface area (Å²) < 4.78 is 2.14. The van der Waals surface area contributed by atoms with Crippen LogP contribution in [0.1, 0.15) is 22.6 Å². The maximum atomic E-state index is 12.7. The van der Waals surface area contributed by atoms with Crippen LogP contribution < -0.4 is 5.56 Å². The standard InChI is InChI=1S/C19H18N6OS/c1-12-16(25-8-9-27-19(25)21-12)11-24-7-5-14-13(10-24)18(26)23-17(22-14)15-4-2-3-6-20-15/h2-4,6,8-9H,5,7,10-11H2,1H3,(H,22,23,26). The Morgan fingerprint density at radius 1 is 1.30 bits per heavy atom. The molecule has 1 aliphatic rings. The average Bonchev–Trinajstić information content (AvgIpc) is 3.25. The fourth-order valence-electron chi connectivity index (χ4n) is 3.58. The molecule has 4 aromatic rings. The van der Waals surface area contributed by atoms with Crippen LogP contribution in [0.4, 0.5) is 0 Å². The first-order valence-electron chi connectivity index (χ1n) is 8.86. The molecule has 0 aromatic carbocycles. The Morgan fingerprint density at radius 2 is 2.22 bits per heavy atom. The minimum absolute atomic E-state index is 0.0731. The molecule has 0 saturated carbocycles. The Morgan fingerprint density at radius 3 is 3.07 bits per heavy atom. The van der Waals surface area contributed by atoms with E-state index in [1.165, 1.54) is 5.69 Å². The molecule has 5 heterocycles. The molecule has 0 atom stereocenters. The number of nitrogens with zero attached hydrogens (tertiary/aromatic N) is 5. The lowest BCUT2D eigenvalue weighted by Crippen LogP contribution is -2.35. The summed E-state index contributed by atoms with van der Waals surface area (Å²) >= 11 is 1.64. The molecule has 0 radical (unpaired) electrons. The van der Waals surface area contributed by atoms with E-state index in [0.717, 1.165) is 41.4 Å². The number of nitrogens with one attached hydrogen (secondary N) is 1. The van der Waals surface area contributed by atoms with Crippen molar-refractivity contribution < 1.29 is 0 Å². The Labute approximate surface area is 159 Å². The van der Waals surface area contributed by atoms with Crippen molar-refractivity contribution in [1.82, 2.24) is 29.2 Å². The third-order valence-corrected chi connectivity index (χ3v) is 5.75. The fraction of sp³-hybridized carbons (Fsp3) is 0.263. The van der Waals surface area contributed by atoms with Gasteiger partial charge in [-0.25, -0.2) is 9.97 Å². The van der Waals surface area contributed by atoms with E-state index < -0.39 is 0 Å². The van der Waals surface area contributed by atoms with E-state index in [1.54, 1.807) is 17.5 Å². The van der Waals surface area contributed by atoms with E-state index in [9.17, 15) is 4.79 Å². The number of pyridine rings is 1. The summed E-state index contributed by atoms with van der Waals surface area (Å²) in [5, 5.41) is 2.05. The Balaban J connectivity index is 1.44. The molecule has 0 unspecified atom stereocenters. The van der Waals surface area contributed by atoms with Gasteiger partial charge < -0.3 is 4.98 Å². The van der Waals surface area contributed by atoms with Crippen molar-refractivity contribution in [2.45, 2.75) is 26.4 Å². The molecule has 0 saturated heterocycles. The van der Waals surface area contributed by atoms with Crippen LogP contribution in [0.15, 0.2) is 40.8 Å².